The van der Waals surface area contributed by atoms with Crippen molar-refractivity contribution in [2.24, 2.45) is 0 Å². The molecule has 0 spiro atoms. The number of carboxylic acids is 1. The molecule has 1 aromatic carbocycles. The topological polar surface area (TPSA) is 58.6 Å². The molecule has 4 nitrogen and oxygen atoms in total. The lowest BCUT2D eigenvalue weighted by Crippen LogP contribution is -2.43. The van der Waals surface area contributed by atoms with E-state index in [9.17, 15) is 9.90 Å². The van der Waals surface area contributed by atoms with Gasteiger partial charge in [-0.25, -0.2) is 4.79 Å². The van der Waals surface area contributed by atoms with Crippen molar-refractivity contribution in [2.45, 2.75) is 45.1 Å². The summed E-state index contributed by atoms with van der Waals surface area (Å²) < 4.78 is 5.24. The van der Waals surface area contributed by atoms with Gasteiger partial charge in [0.2, 0.25) is 0 Å². The van der Waals surface area contributed by atoms with Crippen LogP contribution in [0.5, 0.6) is 5.75 Å². The van der Waals surface area contributed by atoms with Crippen LogP contribution < -0.4 is 10.1 Å². The summed E-state index contributed by atoms with van der Waals surface area (Å²) in [5, 5.41) is 12.6. The molecule has 4 heteroatoms. The number of carboxylic acid groups (broad SMARTS) is 1. The van der Waals surface area contributed by atoms with Crippen molar-refractivity contribution in [3.63, 3.8) is 0 Å². The van der Waals surface area contributed by atoms with E-state index >= 15 is 0 Å². The van der Waals surface area contributed by atoms with E-state index in [1.165, 1.54) is 0 Å². The van der Waals surface area contributed by atoms with Crippen molar-refractivity contribution in [1.82, 2.24) is 0 Å². The number of carbonyl (C=O) groups is 1. The van der Waals surface area contributed by atoms with Gasteiger partial charge in [0, 0.05) is 0 Å². The van der Waals surface area contributed by atoms with Crippen LogP contribution in [0.4, 0.5) is 5.69 Å². The number of ether oxygens (including phenoxy) is 1. The zero-order chi connectivity index (χ0) is 14.3. The number of para-hydroxylation sites is 2. The van der Waals surface area contributed by atoms with E-state index in [-0.39, 0.29) is 0 Å². The smallest absolute Gasteiger partial charge is 0.329 e. The van der Waals surface area contributed by atoms with Crippen LogP contribution in [0.2, 0.25) is 0 Å². The van der Waals surface area contributed by atoms with E-state index < -0.39 is 11.5 Å². The standard InChI is InChI=1S/C15H23NO3/c1-4-5-8-11-15(2,14(17)18)16-12-9-6-7-10-13(12)19-3/h6-7,9-10,16H,4-5,8,11H2,1-3H3,(H,17,18). The Morgan fingerprint density at radius 2 is 2.05 bits per heavy atom. The molecule has 2 N–H and O–H groups in total. The van der Waals surface area contributed by atoms with Crippen molar-refractivity contribution in [2.75, 3.05) is 12.4 Å². The fourth-order valence-corrected chi connectivity index (χ4v) is 2.00. The molecular formula is C15H23NO3. The maximum absolute atomic E-state index is 11.5. The van der Waals surface area contributed by atoms with Crippen LogP contribution in [0.15, 0.2) is 24.3 Å². The summed E-state index contributed by atoms with van der Waals surface area (Å²) in [6.07, 6.45) is 3.59. The lowest BCUT2D eigenvalue weighted by molar-refractivity contribution is -0.142. The minimum atomic E-state index is -0.968. The van der Waals surface area contributed by atoms with Crippen LogP contribution in [-0.4, -0.2) is 23.7 Å². The van der Waals surface area contributed by atoms with E-state index in [0.29, 0.717) is 17.9 Å². The molecule has 0 aliphatic carbocycles. The average molecular weight is 265 g/mol. The van der Waals surface area contributed by atoms with Crippen molar-refractivity contribution < 1.29 is 14.6 Å². The highest BCUT2D eigenvalue weighted by molar-refractivity contribution is 5.83. The van der Waals surface area contributed by atoms with Gasteiger partial charge in [0.1, 0.15) is 11.3 Å². The highest BCUT2D eigenvalue weighted by atomic mass is 16.5. The minimum Gasteiger partial charge on any atom is -0.495 e. The van der Waals surface area contributed by atoms with Crippen LogP contribution in [0.25, 0.3) is 0 Å². The first-order valence-electron chi connectivity index (χ1n) is 6.68. The van der Waals surface area contributed by atoms with E-state index in [1.54, 1.807) is 14.0 Å². The van der Waals surface area contributed by atoms with Crippen LogP contribution in [0.1, 0.15) is 39.5 Å². The Hall–Kier alpha value is -1.71. The summed E-state index contributed by atoms with van der Waals surface area (Å²) in [6.45, 7) is 3.82. The summed E-state index contributed by atoms with van der Waals surface area (Å²) >= 11 is 0. The molecule has 1 rings (SSSR count). The highest BCUT2D eigenvalue weighted by Gasteiger charge is 2.32. The fraction of sp³-hybridized carbons (Fsp3) is 0.533. The highest BCUT2D eigenvalue weighted by Crippen LogP contribution is 2.29. The molecule has 1 aromatic rings. The normalized spacial score (nSPS) is 13.6. The second-order valence-electron chi connectivity index (χ2n) is 4.92. The summed E-state index contributed by atoms with van der Waals surface area (Å²) in [4.78, 5) is 11.5. The maximum Gasteiger partial charge on any atom is 0.329 e. The Kier molecular flexibility index (Phi) is 5.67. The third kappa shape index (κ3) is 4.16. The second-order valence-corrected chi connectivity index (χ2v) is 4.92. The molecule has 0 heterocycles. The first kappa shape index (κ1) is 15.3. The molecule has 0 amide bonds. The molecule has 19 heavy (non-hydrogen) atoms. The molecule has 0 bridgehead atoms. The Morgan fingerprint density at radius 1 is 1.37 bits per heavy atom. The van der Waals surface area contributed by atoms with Crippen molar-refractivity contribution in [1.29, 1.82) is 0 Å². The minimum absolute atomic E-state index is 0.591. The van der Waals surface area contributed by atoms with Gasteiger partial charge in [0.15, 0.2) is 0 Å². The van der Waals surface area contributed by atoms with E-state index in [2.05, 4.69) is 12.2 Å². The van der Waals surface area contributed by atoms with Crippen molar-refractivity contribution >= 4 is 11.7 Å². The number of hydrogen-bond acceptors (Lipinski definition) is 3. The molecule has 106 valence electrons. The van der Waals surface area contributed by atoms with Gasteiger partial charge in [0.25, 0.3) is 0 Å². The van der Waals surface area contributed by atoms with Crippen LogP contribution >= 0.6 is 0 Å². The first-order chi connectivity index (χ1) is 9.03. The van der Waals surface area contributed by atoms with Gasteiger partial charge in [0.05, 0.1) is 12.8 Å². The maximum atomic E-state index is 11.5. The number of hydrogen-bond donors (Lipinski definition) is 2. The van der Waals surface area contributed by atoms with Crippen LogP contribution in [-0.2, 0) is 4.79 Å². The van der Waals surface area contributed by atoms with E-state index in [1.807, 2.05) is 24.3 Å². The second kappa shape index (κ2) is 7.02. The number of rotatable bonds is 8. The summed E-state index contributed by atoms with van der Waals surface area (Å²) in [7, 11) is 1.58. The molecule has 1 unspecified atom stereocenters. The predicted molar refractivity (Wildman–Crippen MR) is 76.8 cm³/mol. The van der Waals surface area contributed by atoms with Gasteiger partial charge in [-0.15, -0.1) is 0 Å². The molecule has 0 aromatic heterocycles. The van der Waals surface area contributed by atoms with E-state index in [4.69, 9.17) is 4.74 Å². The van der Waals surface area contributed by atoms with Gasteiger partial charge in [-0.05, 0) is 25.5 Å². The quantitative estimate of drug-likeness (QED) is 0.706. The van der Waals surface area contributed by atoms with Crippen LogP contribution in [0.3, 0.4) is 0 Å². The Morgan fingerprint density at radius 3 is 2.63 bits per heavy atom. The SMILES string of the molecule is CCCCCC(C)(Nc1ccccc1OC)C(=O)O. The number of nitrogens with one attached hydrogen (secondary N) is 1. The van der Waals surface area contributed by atoms with Gasteiger partial charge in [-0.1, -0.05) is 38.3 Å². The Bertz CT molecular complexity index is 420. The average Bonchev–Trinajstić information content (AvgIpc) is 2.39. The summed E-state index contributed by atoms with van der Waals surface area (Å²) in [6, 6.07) is 7.37. The third-order valence-electron chi connectivity index (χ3n) is 3.27. The van der Waals surface area contributed by atoms with Gasteiger partial charge >= 0.3 is 5.97 Å². The zero-order valence-corrected chi connectivity index (χ0v) is 11.9. The first-order valence-corrected chi connectivity index (χ1v) is 6.68. The number of unbranched alkanes of at least 4 members (excludes halogenated alkanes) is 2. The number of anilines is 1. The third-order valence-corrected chi connectivity index (χ3v) is 3.27. The monoisotopic (exact) mass is 265 g/mol. The summed E-state index contributed by atoms with van der Waals surface area (Å²) in [5.41, 5.74) is -0.254. The zero-order valence-electron chi connectivity index (χ0n) is 11.9. The Balaban J connectivity index is 2.85. The molecule has 0 aliphatic heterocycles. The molecule has 0 saturated heterocycles. The van der Waals surface area contributed by atoms with Crippen molar-refractivity contribution in [3.05, 3.63) is 24.3 Å². The van der Waals surface area contributed by atoms with Gasteiger partial charge in [-0.2, -0.15) is 0 Å². The van der Waals surface area contributed by atoms with Gasteiger partial charge < -0.3 is 15.2 Å². The molecule has 0 fully saturated rings. The Labute approximate surface area is 114 Å². The molecule has 0 saturated carbocycles. The molecule has 0 radical (unpaired) electrons. The molecule has 0 aliphatic rings. The molecule has 1 atom stereocenters. The van der Waals surface area contributed by atoms with Crippen LogP contribution in [0, 0.1) is 0 Å². The van der Waals surface area contributed by atoms with E-state index in [0.717, 1.165) is 19.3 Å². The predicted octanol–water partition coefficient (Wildman–Crippen LogP) is 3.53. The molecular weight excluding hydrogens is 242 g/mol. The largest absolute Gasteiger partial charge is 0.495 e. The van der Waals surface area contributed by atoms with Crippen molar-refractivity contribution in [3.8, 4) is 5.75 Å². The fourth-order valence-electron chi connectivity index (χ4n) is 2.00. The van der Waals surface area contributed by atoms with Gasteiger partial charge in [-0.3, -0.25) is 0 Å². The summed E-state index contributed by atoms with van der Waals surface area (Å²) in [5.74, 6) is -0.181. The lowest BCUT2D eigenvalue weighted by Gasteiger charge is -2.28. The lowest BCUT2D eigenvalue weighted by atomic mass is 9.94. The number of aliphatic carboxylic acids is 1. The number of methoxy groups -OCH3 is 1. The number of benzene rings is 1.